The van der Waals surface area contributed by atoms with E-state index in [1.165, 1.54) is 5.56 Å². The fourth-order valence-corrected chi connectivity index (χ4v) is 4.99. The molecule has 1 atom stereocenters. The van der Waals surface area contributed by atoms with Gasteiger partial charge in [0, 0.05) is 77.8 Å². The van der Waals surface area contributed by atoms with Crippen LogP contribution in [0.15, 0.2) is 60.9 Å². The van der Waals surface area contributed by atoms with Crippen LogP contribution in [0, 0.1) is 0 Å². The summed E-state index contributed by atoms with van der Waals surface area (Å²) >= 11 is 0. The van der Waals surface area contributed by atoms with Gasteiger partial charge in [0.1, 0.15) is 5.65 Å². The number of benzene rings is 1. The molecule has 33 heavy (non-hydrogen) atoms. The van der Waals surface area contributed by atoms with Crippen LogP contribution < -0.4 is 0 Å². The summed E-state index contributed by atoms with van der Waals surface area (Å²) in [6.45, 7) is 11.2. The molecule has 0 bridgehead atoms. The summed E-state index contributed by atoms with van der Waals surface area (Å²) in [7, 11) is 0. The van der Waals surface area contributed by atoms with Crippen molar-refractivity contribution in [2.75, 3.05) is 52.4 Å². The van der Waals surface area contributed by atoms with E-state index in [1.807, 2.05) is 24.4 Å². The van der Waals surface area contributed by atoms with E-state index in [1.54, 1.807) is 0 Å². The Labute approximate surface area is 196 Å². The number of rotatable bonds is 6. The third-order valence-electron chi connectivity index (χ3n) is 7.04. The summed E-state index contributed by atoms with van der Waals surface area (Å²) in [6, 6.07) is 16.6. The van der Waals surface area contributed by atoms with Gasteiger partial charge in [-0.15, -0.1) is 0 Å². The van der Waals surface area contributed by atoms with Crippen LogP contribution in [-0.2, 0) is 17.9 Å². The largest absolute Gasteiger partial charge is 0.339 e. The number of hydrogen-bond acceptors (Lipinski definition) is 5. The van der Waals surface area contributed by atoms with E-state index in [0.717, 1.165) is 76.8 Å². The van der Waals surface area contributed by atoms with E-state index in [0.29, 0.717) is 0 Å². The van der Waals surface area contributed by atoms with Gasteiger partial charge in [-0.1, -0.05) is 36.4 Å². The smallest absolute Gasteiger partial charge is 0.239 e. The molecule has 1 aromatic carbocycles. The number of fused-ring (bicyclic) bond motifs is 1. The van der Waals surface area contributed by atoms with Crippen LogP contribution in [0.4, 0.5) is 0 Å². The van der Waals surface area contributed by atoms with Crippen LogP contribution in [0.5, 0.6) is 0 Å². The van der Waals surface area contributed by atoms with E-state index in [9.17, 15) is 4.79 Å². The molecule has 0 unspecified atom stereocenters. The van der Waals surface area contributed by atoms with Crippen molar-refractivity contribution in [3.63, 3.8) is 0 Å². The quantitative estimate of drug-likeness (QED) is 0.581. The molecule has 0 spiro atoms. The van der Waals surface area contributed by atoms with Gasteiger partial charge in [-0.05, 0) is 24.6 Å². The Hall–Kier alpha value is -2.74. The number of aromatic nitrogens is 2. The number of pyridine rings is 1. The third-order valence-corrected chi connectivity index (χ3v) is 7.04. The van der Waals surface area contributed by atoms with Crippen molar-refractivity contribution in [3.8, 4) is 0 Å². The maximum atomic E-state index is 13.2. The molecule has 7 heteroatoms. The van der Waals surface area contributed by atoms with Gasteiger partial charge in [0.25, 0.3) is 0 Å². The summed E-state index contributed by atoms with van der Waals surface area (Å²) in [5.74, 6) is 0.281. The van der Waals surface area contributed by atoms with Crippen molar-refractivity contribution in [3.05, 3.63) is 72.2 Å². The monoisotopic (exact) mass is 446 g/mol. The maximum absolute atomic E-state index is 13.2. The molecule has 2 aromatic heterocycles. The van der Waals surface area contributed by atoms with Crippen molar-refractivity contribution < 1.29 is 4.79 Å². The Morgan fingerprint density at radius 3 is 2.24 bits per heavy atom. The molecule has 0 radical (unpaired) electrons. The second-order valence-electron chi connectivity index (χ2n) is 9.27. The van der Waals surface area contributed by atoms with E-state index >= 15 is 0 Å². The number of imidazole rings is 1. The van der Waals surface area contributed by atoms with Crippen LogP contribution in [-0.4, -0.2) is 93.3 Å². The normalized spacial score (nSPS) is 19.7. The molecule has 2 aliphatic heterocycles. The van der Waals surface area contributed by atoms with E-state index in [2.05, 4.69) is 67.5 Å². The van der Waals surface area contributed by atoms with Gasteiger partial charge in [0.05, 0.1) is 11.7 Å². The second kappa shape index (κ2) is 10.0. The Bertz CT molecular complexity index is 1020. The van der Waals surface area contributed by atoms with Crippen LogP contribution >= 0.6 is 0 Å². The minimum Gasteiger partial charge on any atom is -0.339 e. The van der Waals surface area contributed by atoms with E-state index < -0.39 is 0 Å². The van der Waals surface area contributed by atoms with Crippen LogP contribution in [0.1, 0.15) is 18.2 Å². The second-order valence-corrected chi connectivity index (χ2v) is 9.27. The highest BCUT2D eigenvalue weighted by Crippen LogP contribution is 2.15. The van der Waals surface area contributed by atoms with E-state index in [-0.39, 0.29) is 11.9 Å². The average Bonchev–Trinajstić information content (AvgIpc) is 3.27. The molecule has 2 aliphatic rings. The first-order chi connectivity index (χ1) is 16.2. The van der Waals surface area contributed by atoms with Crippen molar-refractivity contribution >= 4 is 11.6 Å². The lowest BCUT2D eigenvalue weighted by Gasteiger charge is -2.41. The number of carbonyl (C=O) groups excluding carboxylic acids is 1. The van der Waals surface area contributed by atoms with Gasteiger partial charge in [-0.25, -0.2) is 4.98 Å². The molecule has 4 heterocycles. The zero-order chi connectivity index (χ0) is 22.6. The molecule has 5 rings (SSSR count). The van der Waals surface area contributed by atoms with Gasteiger partial charge in [-0.2, -0.15) is 0 Å². The summed E-state index contributed by atoms with van der Waals surface area (Å²) in [4.78, 5) is 27.2. The van der Waals surface area contributed by atoms with Gasteiger partial charge in [-0.3, -0.25) is 19.5 Å². The molecule has 0 N–H and O–H groups in total. The van der Waals surface area contributed by atoms with Crippen molar-refractivity contribution in [2.45, 2.75) is 26.1 Å². The summed E-state index contributed by atoms with van der Waals surface area (Å²) in [6.07, 6.45) is 4.16. The molecular weight excluding hydrogens is 412 g/mol. The standard InChI is InChI=1S/C26H34N6O/c1-22(26(33)31-17-13-28(14-18-31)19-23-7-3-2-4-8-23)30-15-11-29(12-16-30)20-24-21-32-10-6-5-9-25(32)27-24/h2-10,21-22H,11-20H2,1H3/t22-/m0/s1. The fourth-order valence-electron chi connectivity index (χ4n) is 4.99. The number of nitrogens with zero attached hydrogens (tertiary/aromatic N) is 6. The average molecular weight is 447 g/mol. The topological polar surface area (TPSA) is 47.3 Å². The minimum absolute atomic E-state index is 0.0528. The van der Waals surface area contributed by atoms with Crippen molar-refractivity contribution in [1.29, 1.82) is 0 Å². The molecule has 7 nitrogen and oxygen atoms in total. The highest BCUT2D eigenvalue weighted by Gasteiger charge is 2.30. The molecule has 3 aromatic rings. The Kier molecular flexibility index (Phi) is 6.71. The van der Waals surface area contributed by atoms with Gasteiger partial charge < -0.3 is 9.30 Å². The SMILES string of the molecule is C[C@@H](C(=O)N1CCN(Cc2ccccc2)CC1)N1CCN(Cc2cn3ccccc3n2)CC1. The molecule has 0 saturated carbocycles. The first-order valence-corrected chi connectivity index (χ1v) is 12.1. The lowest BCUT2D eigenvalue weighted by Crippen LogP contribution is -2.57. The van der Waals surface area contributed by atoms with Gasteiger partial charge >= 0.3 is 0 Å². The summed E-state index contributed by atoms with van der Waals surface area (Å²) in [5, 5.41) is 0. The Balaban J connectivity index is 1.07. The lowest BCUT2D eigenvalue weighted by atomic mass is 10.1. The first kappa shape index (κ1) is 22.1. The molecule has 2 fully saturated rings. The predicted molar refractivity (Wildman–Crippen MR) is 130 cm³/mol. The van der Waals surface area contributed by atoms with Gasteiger partial charge in [0.15, 0.2) is 0 Å². The lowest BCUT2D eigenvalue weighted by molar-refractivity contribution is -0.139. The molecular formula is C26H34N6O. The zero-order valence-electron chi connectivity index (χ0n) is 19.5. The highest BCUT2D eigenvalue weighted by atomic mass is 16.2. The summed E-state index contributed by atoms with van der Waals surface area (Å²) in [5.41, 5.74) is 3.44. The zero-order valence-corrected chi connectivity index (χ0v) is 19.5. The van der Waals surface area contributed by atoms with Crippen molar-refractivity contribution in [2.24, 2.45) is 0 Å². The summed E-state index contributed by atoms with van der Waals surface area (Å²) < 4.78 is 2.08. The van der Waals surface area contributed by atoms with Crippen LogP contribution in [0.3, 0.4) is 0 Å². The van der Waals surface area contributed by atoms with Crippen LogP contribution in [0.2, 0.25) is 0 Å². The first-order valence-electron chi connectivity index (χ1n) is 12.1. The highest BCUT2D eigenvalue weighted by molar-refractivity contribution is 5.81. The number of hydrogen-bond donors (Lipinski definition) is 0. The van der Waals surface area contributed by atoms with Gasteiger partial charge in [0.2, 0.25) is 5.91 Å². The fraction of sp³-hybridized carbons (Fsp3) is 0.462. The van der Waals surface area contributed by atoms with E-state index in [4.69, 9.17) is 4.98 Å². The maximum Gasteiger partial charge on any atom is 0.239 e. The predicted octanol–water partition coefficient (Wildman–Crippen LogP) is 2.18. The number of piperazine rings is 2. The molecule has 174 valence electrons. The number of amides is 1. The van der Waals surface area contributed by atoms with Crippen LogP contribution in [0.25, 0.3) is 5.65 Å². The molecule has 1 amide bonds. The van der Waals surface area contributed by atoms with Crippen molar-refractivity contribution in [1.82, 2.24) is 29.0 Å². The minimum atomic E-state index is -0.0528. The third kappa shape index (κ3) is 5.27. The molecule has 0 aliphatic carbocycles. The number of carbonyl (C=O) groups is 1. The Morgan fingerprint density at radius 2 is 1.52 bits per heavy atom. The Morgan fingerprint density at radius 1 is 0.848 bits per heavy atom. The molecule has 2 saturated heterocycles.